The maximum absolute atomic E-state index is 4.71. The van der Waals surface area contributed by atoms with Crippen LogP contribution in [0.2, 0.25) is 0 Å². The third-order valence-electron chi connectivity index (χ3n) is 6.59. The topological polar surface area (TPSA) is 51.8 Å². The van der Waals surface area contributed by atoms with Gasteiger partial charge in [-0.1, -0.05) is 12.8 Å². The van der Waals surface area contributed by atoms with E-state index in [1.807, 2.05) is 6.33 Å². The molecule has 1 unspecified atom stereocenters. The van der Waals surface area contributed by atoms with E-state index in [4.69, 9.17) is 5.10 Å². The molecule has 1 aliphatic heterocycles. The molecular weight excluding hydrogens is 312 g/mol. The SMILES string of the molecule is CCn1nc(C)c(CN2CC(c3nncn3C)C3(CCCC3)C2)c1C. The van der Waals surface area contributed by atoms with Gasteiger partial charge in [-0.05, 0) is 39.0 Å². The van der Waals surface area contributed by atoms with Crippen molar-refractivity contribution in [2.45, 2.75) is 65.5 Å². The first-order valence-electron chi connectivity index (χ1n) is 9.63. The van der Waals surface area contributed by atoms with Crippen LogP contribution in [-0.2, 0) is 20.1 Å². The molecule has 2 aromatic heterocycles. The monoisotopic (exact) mass is 342 g/mol. The highest BCUT2D eigenvalue weighted by molar-refractivity contribution is 5.25. The zero-order valence-corrected chi connectivity index (χ0v) is 16.0. The lowest BCUT2D eigenvalue weighted by Gasteiger charge is -2.29. The number of aryl methyl sites for hydroxylation is 3. The Balaban J connectivity index is 1.61. The molecule has 0 radical (unpaired) electrons. The highest BCUT2D eigenvalue weighted by Gasteiger charge is 2.50. The van der Waals surface area contributed by atoms with Crippen LogP contribution in [0.4, 0.5) is 0 Å². The third-order valence-corrected chi connectivity index (χ3v) is 6.59. The Hall–Kier alpha value is -1.69. The van der Waals surface area contributed by atoms with Crippen LogP contribution in [-0.4, -0.2) is 42.5 Å². The summed E-state index contributed by atoms with van der Waals surface area (Å²) >= 11 is 0. The first-order chi connectivity index (χ1) is 12.0. The number of rotatable bonds is 4. The second-order valence-electron chi connectivity index (χ2n) is 8.06. The number of hydrogen-bond donors (Lipinski definition) is 0. The summed E-state index contributed by atoms with van der Waals surface area (Å²) in [7, 11) is 2.08. The maximum Gasteiger partial charge on any atom is 0.137 e. The van der Waals surface area contributed by atoms with Crippen LogP contribution >= 0.6 is 0 Å². The molecule has 2 aliphatic rings. The van der Waals surface area contributed by atoms with Gasteiger partial charge in [0.15, 0.2) is 0 Å². The van der Waals surface area contributed by atoms with E-state index in [1.165, 1.54) is 55.0 Å². The zero-order valence-electron chi connectivity index (χ0n) is 16.0. The lowest BCUT2D eigenvalue weighted by molar-refractivity contribution is 0.243. The summed E-state index contributed by atoms with van der Waals surface area (Å²) in [6, 6.07) is 0. The van der Waals surface area contributed by atoms with Gasteiger partial charge in [-0.25, -0.2) is 0 Å². The van der Waals surface area contributed by atoms with Gasteiger partial charge in [0.2, 0.25) is 0 Å². The van der Waals surface area contributed by atoms with Crippen LogP contribution in [0.5, 0.6) is 0 Å². The summed E-state index contributed by atoms with van der Waals surface area (Å²) in [6.07, 6.45) is 7.21. The van der Waals surface area contributed by atoms with Crippen LogP contribution in [0, 0.1) is 19.3 Å². The normalized spacial score (nSPS) is 23.1. The van der Waals surface area contributed by atoms with Crippen molar-refractivity contribution in [1.29, 1.82) is 0 Å². The van der Waals surface area contributed by atoms with Gasteiger partial charge in [0.25, 0.3) is 0 Å². The Morgan fingerprint density at radius 2 is 2.00 bits per heavy atom. The molecule has 1 aliphatic carbocycles. The molecule has 0 N–H and O–H groups in total. The van der Waals surface area contributed by atoms with Crippen molar-refractivity contribution in [3.05, 3.63) is 29.1 Å². The molecule has 1 saturated carbocycles. The molecule has 0 bridgehead atoms. The number of likely N-dealkylation sites (tertiary alicyclic amines) is 1. The minimum atomic E-state index is 0.392. The quantitative estimate of drug-likeness (QED) is 0.857. The Morgan fingerprint density at radius 1 is 1.24 bits per heavy atom. The van der Waals surface area contributed by atoms with E-state index in [-0.39, 0.29) is 0 Å². The predicted octanol–water partition coefficient (Wildman–Crippen LogP) is 2.81. The summed E-state index contributed by atoms with van der Waals surface area (Å²) in [4.78, 5) is 2.64. The number of nitrogens with zero attached hydrogens (tertiary/aromatic N) is 6. The minimum absolute atomic E-state index is 0.392. The van der Waals surface area contributed by atoms with E-state index >= 15 is 0 Å². The minimum Gasteiger partial charge on any atom is -0.320 e. The zero-order chi connectivity index (χ0) is 17.6. The first-order valence-corrected chi connectivity index (χ1v) is 9.63. The van der Waals surface area contributed by atoms with Crippen molar-refractivity contribution >= 4 is 0 Å². The highest BCUT2D eigenvalue weighted by atomic mass is 15.3. The van der Waals surface area contributed by atoms with Gasteiger partial charge in [-0.15, -0.1) is 10.2 Å². The Bertz CT molecular complexity index is 752. The lowest BCUT2D eigenvalue weighted by Crippen LogP contribution is -2.27. The molecule has 6 heteroatoms. The molecule has 3 heterocycles. The third kappa shape index (κ3) is 2.71. The van der Waals surface area contributed by atoms with Gasteiger partial charge in [-0.3, -0.25) is 9.58 Å². The van der Waals surface area contributed by atoms with Gasteiger partial charge in [-0.2, -0.15) is 5.10 Å². The van der Waals surface area contributed by atoms with Crippen molar-refractivity contribution < 1.29 is 0 Å². The van der Waals surface area contributed by atoms with Crippen molar-refractivity contribution in [1.82, 2.24) is 29.4 Å². The van der Waals surface area contributed by atoms with Gasteiger partial charge in [0, 0.05) is 50.4 Å². The van der Waals surface area contributed by atoms with Gasteiger partial charge in [0.05, 0.1) is 5.69 Å². The van der Waals surface area contributed by atoms with E-state index in [0.717, 1.165) is 19.6 Å². The van der Waals surface area contributed by atoms with Crippen LogP contribution in [0.1, 0.15) is 61.3 Å². The molecule has 136 valence electrons. The Labute approximate surface area is 150 Å². The summed E-state index contributed by atoms with van der Waals surface area (Å²) < 4.78 is 4.26. The molecule has 25 heavy (non-hydrogen) atoms. The van der Waals surface area contributed by atoms with E-state index in [2.05, 4.69) is 52.2 Å². The van der Waals surface area contributed by atoms with Crippen LogP contribution in [0.15, 0.2) is 6.33 Å². The smallest absolute Gasteiger partial charge is 0.137 e. The van der Waals surface area contributed by atoms with E-state index < -0.39 is 0 Å². The van der Waals surface area contributed by atoms with Crippen LogP contribution in [0.3, 0.4) is 0 Å². The Morgan fingerprint density at radius 3 is 2.60 bits per heavy atom. The first kappa shape index (κ1) is 16.8. The molecular formula is C19H30N6. The summed E-state index contributed by atoms with van der Waals surface area (Å²) in [6.45, 7) is 10.7. The van der Waals surface area contributed by atoms with E-state index in [1.54, 1.807) is 0 Å². The van der Waals surface area contributed by atoms with Crippen molar-refractivity contribution in [3.63, 3.8) is 0 Å². The average molecular weight is 342 g/mol. The molecule has 4 rings (SSSR count). The standard InChI is InChI=1S/C19H30N6/c1-5-25-15(3)16(14(2)22-25)10-24-11-17(18-21-20-13-23(18)4)19(12-24)8-6-7-9-19/h13,17H,5-12H2,1-4H3. The summed E-state index contributed by atoms with van der Waals surface area (Å²) in [5.41, 5.74) is 4.31. The fraction of sp³-hybridized carbons (Fsp3) is 0.737. The molecule has 2 aromatic rings. The molecule has 6 nitrogen and oxygen atoms in total. The second kappa shape index (κ2) is 6.24. The molecule has 1 spiro atoms. The molecule has 0 aromatic carbocycles. The maximum atomic E-state index is 4.71. The summed E-state index contributed by atoms with van der Waals surface area (Å²) in [5.74, 6) is 1.67. The number of aromatic nitrogens is 5. The molecule has 2 fully saturated rings. The largest absolute Gasteiger partial charge is 0.320 e. The fourth-order valence-electron chi connectivity index (χ4n) is 5.24. The fourth-order valence-corrected chi connectivity index (χ4v) is 5.24. The van der Waals surface area contributed by atoms with Crippen molar-refractivity contribution in [3.8, 4) is 0 Å². The van der Waals surface area contributed by atoms with E-state index in [0.29, 0.717) is 11.3 Å². The van der Waals surface area contributed by atoms with Crippen molar-refractivity contribution in [2.24, 2.45) is 12.5 Å². The number of hydrogen-bond acceptors (Lipinski definition) is 4. The van der Waals surface area contributed by atoms with Crippen molar-refractivity contribution in [2.75, 3.05) is 13.1 Å². The van der Waals surface area contributed by atoms with Crippen LogP contribution in [0.25, 0.3) is 0 Å². The van der Waals surface area contributed by atoms with Crippen LogP contribution < -0.4 is 0 Å². The second-order valence-corrected chi connectivity index (χ2v) is 8.06. The van der Waals surface area contributed by atoms with Gasteiger partial charge >= 0.3 is 0 Å². The highest BCUT2D eigenvalue weighted by Crippen LogP contribution is 2.53. The lowest BCUT2D eigenvalue weighted by atomic mass is 9.76. The Kier molecular flexibility index (Phi) is 4.18. The van der Waals surface area contributed by atoms with Gasteiger partial charge < -0.3 is 4.57 Å². The molecule has 0 amide bonds. The average Bonchev–Trinajstić information content (AvgIpc) is 3.34. The molecule has 1 atom stereocenters. The van der Waals surface area contributed by atoms with E-state index in [9.17, 15) is 0 Å². The summed E-state index contributed by atoms with van der Waals surface area (Å²) in [5, 5.41) is 13.3. The molecule has 1 saturated heterocycles. The van der Waals surface area contributed by atoms with Gasteiger partial charge in [0.1, 0.15) is 12.2 Å². The predicted molar refractivity (Wildman–Crippen MR) is 97.3 cm³/mol.